The zero-order valence-corrected chi connectivity index (χ0v) is 12.5. The highest BCUT2D eigenvalue weighted by Gasteiger charge is 2.23. The van der Waals surface area contributed by atoms with Gasteiger partial charge in [0.1, 0.15) is 11.6 Å². The summed E-state index contributed by atoms with van der Waals surface area (Å²) in [5, 5.41) is 9.14. The van der Waals surface area contributed by atoms with Crippen LogP contribution in [0, 0.1) is 6.92 Å². The molecular formula is C13H11ClN2O4S. The standard InChI is InChI=1S/C13H11ClN2O4S/c1-8-10(13(17)18)5-9(14)6-11(8)21(19,20)7-12-15-3-2-4-16-12/h2-6H,7H2,1H3,(H,17,18). The SMILES string of the molecule is Cc1c(C(=O)O)cc(Cl)cc1S(=O)(=O)Cc1ncccn1. The van der Waals surface area contributed by atoms with Gasteiger partial charge in [0, 0.05) is 17.4 Å². The third-order valence-corrected chi connectivity index (χ3v) is 4.78. The fraction of sp³-hybridized carbons (Fsp3) is 0.154. The molecule has 1 aromatic heterocycles. The zero-order valence-electron chi connectivity index (χ0n) is 10.9. The van der Waals surface area contributed by atoms with Gasteiger partial charge in [-0.2, -0.15) is 0 Å². The minimum Gasteiger partial charge on any atom is -0.478 e. The average Bonchev–Trinajstić information content (AvgIpc) is 2.41. The number of rotatable bonds is 4. The molecule has 0 bridgehead atoms. The fourth-order valence-electron chi connectivity index (χ4n) is 1.85. The van der Waals surface area contributed by atoms with Crippen LogP contribution in [-0.2, 0) is 15.6 Å². The maximum Gasteiger partial charge on any atom is 0.336 e. The predicted molar refractivity (Wildman–Crippen MR) is 76.1 cm³/mol. The molecule has 0 atom stereocenters. The number of hydrogen-bond acceptors (Lipinski definition) is 5. The topological polar surface area (TPSA) is 97.2 Å². The van der Waals surface area contributed by atoms with Gasteiger partial charge in [0.25, 0.3) is 0 Å². The van der Waals surface area contributed by atoms with Gasteiger partial charge in [-0.05, 0) is 30.7 Å². The Hall–Kier alpha value is -1.99. The second-order valence-corrected chi connectivity index (χ2v) is 6.70. The molecule has 0 unspecified atom stereocenters. The van der Waals surface area contributed by atoms with Gasteiger partial charge >= 0.3 is 5.97 Å². The van der Waals surface area contributed by atoms with Gasteiger partial charge in [-0.1, -0.05) is 11.6 Å². The van der Waals surface area contributed by atoms with Gasteiger partial charge in [-0.15, -0.1) is 0 Å². The molecule has 110 valence electrons. The molecule has 1 N–H and O–H groups in total. The maximum atomic E-state index is 12.4. The molecule has 0 fully saturated rings. The van der Waals surface area contributed by atoms with Crippen LogP contribution in [0.5, 0.6) is 0 Å². The van der Waals surface area contributed by atoms with E-state index in [1.165, 1.54) is 31.5 Å². The first kappa shape index (κ1) is 15.4. The van der Waals surface area contributed by atoms with Crippen LogP contribution in [0.2, 0.25) is 5.02 Å². The largest absolute Gasteiger partial charge is 0.478 e. The molecule has 2 rings (SSSR count). The maximum absolute atomic E-state index is 12.4. The molecule has 1 heterocycles. The first-order chi connectivity index (χ1) is 9.81. The Balaban J connectivity index is 2.53. The number of hydrogen-bond donors (Lipinski definition) is 1. The second kappa shape index (κ2) is 5.79. The number of nitrogens with zero attached hydrogens (tertiary/aromatic N) is 2. The lowest BCUT2D eigenvalue weighted by Gasteiger charge is -2.10. The van der Waals surface area contributed by atoms with Crippen molar-refractivity contribution in [1.29, 1.82) is 0 Å². The van der Waals surface area contributed by atoms with Crippen LogP contribution in [0.15, 0.2) is 35.5 Å². The van der Waals surface area contributed by atoms with Crippen molar-refractivity contribution in [2.24, 2.45) is 0 Å². The van der Waals surface area contributed by atoms with Gasteiger partial charge in [0.15, 0.2) is 9.84 Å². The summed E-state index contributed by atoms with van der Waals surface area (Å²) >= 11 is 5.82. The Kier molecular flexibility index (Phi) is 4.24. The number of carboxylic acid groups (broad SMARTS) is 1. The molecule has 6 nitrogen and oxygen atoms in total. The van der Waals surface area contributed by atoms with Gasteiger partial charge in [0.2, 0.25) is 0 Å². The smallest absolute Gasteiger partial charge is 0.336 e. The van der Waals surface area contributed by atoms with Gasteiger partial charge in [-0.3, -0.25) is 0 Å². The highest BCUT2D eigenvalue weighted by molar-refractivity contribution is 7.90. The van der Waals surface area contributed by atoms with E-state index < -0.39 is 21.6 Å². The Morgan fingerprint density at radius 1 is 1.29 bits per heavy atom. The van der Waals surface area contributed by atoms with Crippen molar-refractivity contribution in [3.05, 3.63) is 52.6 Å². The summed E-state index contributed by atoms with van der Waals surface area (Å²) in [6.45, 7) is 1.43. The van der Waals surface area contributed by atoms with E-state index in [1.807, 2.05) is 0 Å². The molecule has 0 saturated carbocycles. The van der Waals surface area contributed by atoms with Crippen LogP contribution in [0.1, 0.15) is 21.7 Å². The van der Waals surface area contributed by atoms with Gasteiger partial charge < -0.3 is 5.11 Å². The quantitative estimate of drug-likeness (QED) is 0.924. The highest BCUT2D eigenvalue weighted by Crippen LogP contribution is 2.26. The Morgan fingerprint density at radius 3 is 2.48 bits per heavy atom. The van der Waals surface area contributed by atoms with Crippen molar-refractivity contribution in [3.63, 3.8) is 0 Å². The Morgan fingerprint density at radius 2 is 1.90 bits per heavy atom. The number of sulfone groups is 1. The molecule has 21 heavy (non-hydrogen) atoms. The molecule has 0 saturated heterocycles. The predicted octanol–water partition coefficient (Wildman–Crippen LogP) is 2.11. The van der Waals surface area contributed by atoms with E-state index in [4.69, 9.17) is 16.7 Å². The summed E-state index contributed by atoms with van der Waals surface area (Å²) in [5.74, 6) is -1.52. The van der Waals surface area contributed by atoms with Crippen molar-refractivity contribution < 1.29 is 18.3 Å². The normalized spacial score (nSPS) is 11.3. The highest BCUT2D eigenvalue weighted by atomic mass is 35.5. The molecule has 0 amide bonds. The molecule has 1 aromatic carbocycles. The number of carbonyl (C=O) groups is 1. The third-order valence-electron chi connectivity index (χ3n) is 2.83. The first-order valence-corrected chi connectivity index (χ1v) is 7.86. The van der Waals surface area contributed by atoms with E-state index in [9.17, 15) is 13.2 Å². The molecule has 2 aromatic rings. The van der Waals surface area contributed by atoms with Gasteiger partial charge in [-0.25, -0.2) is 23.2 Å². The molecule has 8 heteroatoms. The van der Waals surface area contributed by atoms with E-state index in [-0.39, 0.29) is 26.9 Å². The average molecular weight is 327 g/mol. The summed E-state index contributed by atoms with van der Waals surface area (Å²) in [6.07, 6.45) is 2.87. The fourth-order valence-corrected chi connectivity index (χ4v) is 3.66. The Bertz CT molecular complexity index is 791. The van der Waals surface area contributed by atoms with E-state index in [0.717, 1.165) is 0 Å². The third kappa shape index (κ3) is 3.37. The summed E-state index contributed by atoms with van der Waals surface area (Å²) in [4.78, 5) is 18.7. The van der Waals surface area contributed by atoms with Crippen LogP contribution in [0.25, 0.3) is 0 Å². The summed E-state index contributed by atoms with van der Waals surface area (Å²) in [6, 6.07) is 4.03. The number of aromatic nitrogens is 2. The van der Waals surface area contributed by atoms with E-state index in [1.54, 1.807) is 6.07 Å². The monoisotopic (exact) mass is 326 g/mol. The Labute approximate surface area is 126 Å². The molecule has 0 aliphatic heterocycles. The van der Waals surface area contributed by atoms with Crippen LogP contribution in [0.4, 0.5) is 0 Å². The van der Waals surface area contributed by atoms with Crippen molar-refractivity contribution in [2.75, 3.05) is 0 Å². The lowest BCUT2D eigenvalue weighted by Crippen LogP contribution is -2.12. The van der Waals surface area contributed by atoms with Crippen molar-refractivity contribution in [3.8, 4) is 0 Å². The molecular weight excluding hydrogens is 316 g/mol. The van der Waals surface area contributed by atoms with Crippen molar-refractivity contribution in [1.82, 2.24) is 9.97 Å². The summed E-state index contributed by atoms with van der Waals surface area (Å²) in [7, 11) is -3.80. The second-order valence-electron chi connectivity index (χ2n) is 4.31. The number of halogens is 1. The van der Waals surface area contributed by atoms with Crippen molar-refractivity contribution >= 4 is 27.4 Å². The lowest BCUT2D eigenvalue weighted by molar-refractivity contribution is 0.0696. The number of aromatic carboxylic acids is 1. The van der Waals surface area contributed by atoms with Crippen LogP contribution < -0.4 is 0 Å². The minimum absolute atomic E-state index is 0.0468. The van der Waals surface area contributed by atoms with Crippen LogP contribution in [-0.4, -0.2) is 29.5 Å². The molecule has 0 radical (unpaired) electrons. The van der Waals surface area contributed by atoms with Gasteiger partial charge in [0.05, 0.1) is 10.5 Å². The zero-order chi connectivity index (χ0) is 15.6. The van der Waals surface area contributed by atoms with E-state index >= 15 is 0 Å². The lowest BCUT2D eigenvalue weighted by atomic mass is 10.1. The number of carboxylic acids is 1. The van der Waals surface area contributed by atoms with E-state index in [0.29, 0.717) is 0 Å². The van der Waals surface area contributed by atoms with Crippen LogP contribution >= 0.6 is 11.6 Å². The first-order valence-electron chi connectivity index (χ1n) is 5.83. The summed E-state index contributed by atoms with van der Waals surface area (Å²) < 4.78 is 24.8. The molecule has 0 spiro atoms. The van der Waals surface area contributed by atoms with E-state index in [2.05, 4.69) is 9.97 Å². The molecule has 0 aliphatic rings. The minimum atomic E-state index is -3.80. The van der Waals surface area contributed by atoms with Crippen molar-refractivity contribution in [2.45, 2.75) is 17.6 Å². The molecule has 0 aliphatic carbocycles. The number of benzene rings is 1. The summed E-state index contributed by atoms with van der Waals surface area (Å²) in [5.41, 5.74) is -0.00196. The van der Waals surface area contributed by atoms with Crippen LogP contribution in [0.3, 0.4) is 0 Å².